The van der Waals surface area contributed by atoms with Crippen LogP contribution in [0.5, 0.6) is 0 Å². The molecule has 0 amide bonds. The lowest BCUT2D eigenvalue weighted by molar-refractivity contribution is 0.664. The van der Waals surface area contributed by atoms with E-state index >= 15 is 0 Å². The van der Waals surface area contributed by atoms with Gasteiger partial charge in [-0.15, -0.1) is 0 Å². The standard InChI is InChI=1S/C10H20N6/c1-5-7(6-2)12-9-13-8(11)14-10(15-9)16(3)4/h7H,5-6H2,1-4H3,(H3,11,12,13,14,15). The minimum absolute atomic E-state index is 0.243. The summed E-state index contributed by atoms with van der Waals surface area (Å²) in [5, 5.41) is 3.25. The van der Waals surface area contributed by atoms with E-state index in [1.807, 2.05) is 14.1 Å². The second kappa shape index (κ2) is 5.48. The second-order valence-electron chi connectivity index (χ2n) is 3.87. The Morgan fingerprint density at radius 1 is 1.19 bits per heavy atom. The highest BCUT2D eigenvalue weighted by molar-refractivity contribution is 5.41. The normalized spacial score (nSPS) is 10.6. The molecule has 1 heterocycles. The molecule has 0 aliphatic rings. The van der Waals surface area contributed by atoms with E-state index in [1.54, 1.807) is 4.90 Å². The van der Waals surface area contributed by atoms with Crippen LogP contribution in [0.25, 0.3) is 0 Å². The predicted octanol–water partition coefficient (Wildman–Crippen LogP) is 1.12. The monoisotopic (exact) mass is 224 g/mol. The molecule has 90 valence electrons. The Balaban J connectivity index is 2.87. The number of nitrogens with one attached hydrogen (secondary N) is 1. The minimum atomic E-state index is 0.243. The van der Waals surface area contributed by atoms with E-state index in [0.29, 0.717) is 17.9 Å². The van der Waals surface area contributed by atoms with Gasteiger partial charge >= 0.3 is 0 Å². The van der Waals surface area contributed by atoms with Crippen LogP contribution in [0.15, 0.2) is 0 Å². The highest BCUT2D eigenvalue weighted by atomic mass is 15.3. The Labute approximate surface area is 96.3 Å². The smallest absolute Gasteiger partial charge is 0.231 e. The maximum Gasteiger partial charge on any atom is 0.231 e. The largest absolute Gasteiger partial charge is 0.368 e. The Bertz CT molecular complexity index is 334. The van der Waals surface area contributed by atoms with Gasteiger partial charge in [0, 0.05) is 20.1 Å². The van der Waals surface area contributed by atoms with E-state index in [4.69, 9.17) is 5.73 Å². The molecule has 0 fully saturated rings. The zero-order valence-corrected chi connectivity index (χ0v) is 10.4. The van der Waals surface area contributed by atoms with E-state index in [0.717, 1.165) is 12.8 Å². The Kier molecular flexibility index (Phi) is 4.28. The predicted molar refractivity (Wildman–Crippen MR) is 66.6 cm³/mol. The van der Waals surface area contributed by atoms with Crippen LogP contribution in [0, 0.1) is 0 Å². The van der Waals surface area contributed by atoms with Crippen molar-refractivity contribution in [2.75, 3.05) is 30.0 Å². The summed E-state index contributed by atoms with van der Waals surface area (Å²) >= 11 is 0. The molecule has 1 aromatic rings. The highest BCUT2D eigenvalue weighted by Crippen LogP contribution is 2.11. The van der Waals surface area contributed by atoms with Crippen LogP contribution in [-0.4, -0.2) is 35.1 Å². The van der Waals surface area contributed by atoms with Crippen molar-refractivity contribution in [1.82, 2.24) is 15.0 Å². The summed E-state index contributed by atoms with van der Waals surface area (Å²) in [6.07, 6.45) is 2.05. The molecule has 0 saturated carbocycles. The summed E-state index contributed by atoms with van der Waals surface area (Å²) in [7, 11) is 3.74. The van der Waals surface area contributed by atoms with Crippen LogP contribution in [0.3, 0.4) is 0 Å². The van der Waals surface area contributed by atoms with Gasteiger partial charge in [0.25, 0.3) is 0 Å². The molecular formula is C10H20N6. The molecule has 3 N–H and O–H groups in total. The van der Waals surface area contributed by atoms with Crippen molar-refractivity contribution in [3.8, 4) is 0 Å². The molecule has 0 unspecified atom stereocenters. The molecule has 0 aliphatic carbocycles. The van der Waals surface area contributed by atoms with Gasteiger partial charge in [-0.25, -0.2) is 0 Å². The number of nitrogens with zero attached hydrogens (tertiary/aromatic N) is 4. The third-order valence-electron chi connectivity index (χ3n) is 2.36. The topological polar surface area (TPSA) is 80.0 Å². The summed E-state index contributed by atoms with van der Waals surface area (Å²) in [5.41, 5.74) is 5.63. The average Bonchev–Trinajstić information content (AvgIpc) is 2.25. The molecule has 0 saturated heterocycles. The molecule has 1 aromatic heterocycles. The van der Waals surface area contributed by atoms with Gasteiger partial charge in [-0.1, -0.05) is 13.8 Å². The number of hydrogen-bond acceptors (Lipinski definition) is 6. The Hall–Kier alpha value is -1.59. The Morgan fingerprint density at radius 3 is 2.31 bits per heavy atom. The fourth-order valence-electron chi connectivity index (χ4n) is 1.32. The maximum absolute atomic E-state index is 5.63. The molecular weight excluding hydrogens is 204 g/mol. The van der Waals surface area contributed by atoms with Crippen LogP contribution in [-0.2, 0) is 0 Å². The lowest BCUT2D eigenvalue weighted by atomic mass is 10.2. The minimum Gasteiger partial charge on any atom is -0.368 e. The first kappa shape index (κ1) is 12.5. The van der Waals surface area contributed by atoms with Crippen molar-refractivity contribution in [2.45, 2.75) is 32.7 Å². The zero-order valence-electron chi connectivity index (χ0n) is 10.4. The first-order valence-electron chi connectivity index (χ1n) is 5.52. The molecule has 0 spiro atoms. The van der Waals surface area contributed by atoms with Crippen molar-refractivity contribution in [1.29, 1.82) is 0 Å². The molecule has 1 rings (SSSR count). The van der Waals surface area contributed by atoms with Crippen molar-refractivity contribution >= 4 is 17.8 Å². The summed E-state index contributed by atoms with van der Waals surface area (Å²) in [4.78, 5) is 14.2. The lowest BCUT2D eigenvalue weighted by Gasteiger charge is -2.16. The summed E-state index contributed by atoms with van der Waals surface area (Å²) in [6, 6.07) is 0.372. The first-order valence-corrected chi connectivity index (χ1v) is 5.52. The fraction of sp³-hybridized carbons (Fsp3) is 0.700. The van der Waals surface area contributed by atoms with Gasteiger partial charge in [-0.05, 0) is 12.8 Å². The van der Waals surface area contributed by atoms with Gasteiger partial charge in [-0.2, -0.15) is 15.0 Å². The average molecular weight is 224 g/mol. The van der Waals surface area contributed by atoms with Crippen LogP contribution < -0.4 is 16.0 Å². The van der Waals surface area contributed by atoms with Gasteiger partial charge in [0.2, 0.25) is 17.8 Å². The fourth-order valence-corrected chi connectivity index (χ4v) is 1.32. The Morgan fingerprint density at radius 2 is 1.81 bits per heavy atom. The van der Waals surface area contributed by atoms with Crippen molar-refractivity contribution in [3.63, 3.8) is 0 Å². The van der Waals surface area contributed by atoms with Gasteiger partial charge < -0.3 is 16.0 Å². The van der Waals surface area contributed by atoms with Crippen LogP contribution in [0.1, 0.15) is 26.7 Å². The molecule has 0 bridgehead atoms. The molecule has 16 heavy (non-hydrogen) atoms. The van der Waals surface area contributed by atoms with Gasteiger partial charge in [0.1, 0.15) is 0 Å². The van der Waals surface area contributed by atoms with E-state index in [-0.39, 0.29) is 5.95 Å². The lowest BCUT2D eigenvalue weighted by Crippen LogP contribution is -2.21. The van der Waals surface area contributed by atoms with Gasteiger partial charge in [0.05, 0.1) is 0 Å². The summed E-state index contributed by atoms with van der Waals surface area (Å²) < 4.78 is 0. The van der Waals surface area contributed by atoms with Crippen LogP contribution >= 0.6 is 0 Å². The summed E-state index contributed by atoms with van der Waals surface area (Å²) in [6.45, 7) is 4.25. The number of nitrogens with two attached hydrogens (primary N) is 1. The zero-order chi connectivity index (χ0) is 12.1. The molecule has 0 atom stereocenters. The quantitative estimate of drug-likeness (QED) is 0.780. The van der Waals surface area contributed by atoms with Gasteiger partial charge in [-0.3, -0.25) is 0 Å². The van der Waals surface area contributed by atoms with Crippen molar-refractivity contribution in [2.24, 2.45) is 0 Å². The number of aromatic nitrogens is 3. The summed E-state index contributed by atoms with van der Waals surface area (Å²) in [5.74, 6) is 1.36. The van der Waals surface area contributed by atoms with Crippen molar-refractivity contribution in [3.05, 3.63) is 0 Å². The van der Waals surface area contributed by atoms with Crippen LogP contribution in [0.2, 0.25) is 0 Å². The number of anilines is 3. The van der Waals surface area contributed by atoms with Crippen LogP contribution in [0.4, 0.5) is 17.8 Å². The molecule has 0 radical (unpaired) electrons. The van der Waals surface area contributed by atoms with E-state index in [1.165, 1.54) is 0 Å². The number of rotatable bonds is 5. The second-order valence-corrected chi connectivity index (χ2v) is 3.87. The molecule has 6 heteroatoms. The molecule has 6 nitrogen and oxygen atoms in total. The number of hydrogen-bond donors (Lipinski definition) is 2. The van der Waals surface area contributed by atoms with E-state index in [2.05, 4.69) is 34.1 Å². The van der Waals surface area contributed by atoms with Gasteiger partial charge in [0.15, 0.2) is 0 Å². The third kappa shape index (κ3) is 3.22. The van der Waals surface area contributed by atoms with Crippen molar-refractivity contribution < 1.29 is 0 Å². The molecule has 0 aromatic carbocycles. The molecule has 0 aliphatic heterocycles. The first-order chi connectivity index (χ1) is 7.56. The maximum atomic E-state index is 5.63. The third-order valence-corrected chi connectivity index (χ3v) is 2.36. The highest BCUT2D eigenvalue weighted by Gasteiger charge is 2.09. The number of nitrogen functional groups attached to an aromatic ring is 1. The SMILES string of the molecule is CCC(CC)Nc1nc(N)nc(N(C)C)n1. The van der Waals surface area contributed by atoms with E-state index in [9.17, 15) is 0 Å². The van der Waals surface area contributed by atoms with E-state index < -0.39 is 0 Å².